The average Bonchev–Trinajstić information content (AvgIpc) is 3.38. The molecule has 0 atom stereocenters. The predicted molar refractivity (Wildman–Crippen MR) is 129 cm³/mol. The van der Waals surface area contributed by atoms with Crippen LogP contribution in [0, 0.1) is 18.2 Å². The number of nitrogens with zero attached hydrogens (tertiary/aromatic N) is 4. The van der Waals surface area contributed by atoms with Crippen LogP contribution in [0.3, 0.4) is 0 Å². The van der Waals surface area contributed by atoms with E-state index in [-0.39, 0.29) is 22.9 Å². The summed E-state index contributed by atoms with van der Waals surface area (Å²) in [5.41, 5.74) is 2.61. The topological polar surface area (TPSA) is 88.8 Å². The zero-order chi connectivity index (χ0) is 24.7. The van der Waals surface area contributed by atoms with Crippen LogP contribution in [0.15, 0.2) is 30.5 Å². The summed E-state index contributed by atoms with van der Waals surface area (Å²) in [5, 5.41) is 7.69. The zero-order valence-corrected chi connectivity index (χ0v) is 20.4. The van der Waals surface area contributed by atoms with Gasteiger partial charge in [-0.05, 0) is 63.3 Å². The van der Waals surface area contributed by atoms with Crippen molar-refractivity contribution in [2.75, 3.05) is 18.6 Å². The van der Waals surface area contributed by atoms with Gasteiger partial charge in [-0.3, -0.25) is 9.59 Å². The van der Waals surface area contributed by atoms with Crippen molar-refractivity contribution in [3.63, 3.8) is 0 Å². The standard InChI is InChI=1S/C25H27ClFN5O3/c1-15-11-18(14-35-2)32-22(29-15)19(13-28-32)23(33)30-17-5-7-25(8-6-17)9-10-31(24(25)34)21-4-3-16(27)12-20(21)26/h3-4,11-13,17H,5-10,14H2,1-2H3,(H,30,33). The van der Waals surface area contributed by atoms with Crippen molar-refractivity contribution in [3.05, 3.63) is 58.3 Å². The summed E-state index contributed by atoms with van der Waals surface area (Å²) in [6, 6.07) is 5.96. The smallest absolute Gasteiger partial charge is 0.256 e. The first-order valence-corrected chi connectivity index (χ1v) is 12.1. The number of fused-ring (bicyclic) bond motifs is 1. The Kier molecular flexibility index (Phi) is 6.23. The maximum atomic E-state index is 13.5. The number of aryl methyl sites for hydroxylation is 1. The van der Waals surface area contributed by atoms with E-state index in [0.717, 1.165) is 17.8 Å². The average molecular weight is 500 g/mol. The number of anilines is 1. The van der Waals surface area contributed by atoms with E-state index in [1.807, 2.05) is 13.0 Å². The number of hydrogen-bond acceptors (Lipinski definition) is 5. The van der Waals surface area contributed by atoms with E-state index in [4.69, 9.17) is 16.3 Å². The van der Waals surface area contributed by atoms with Crippen LogP contribution < -0.4 is 10.2 Å². The molecule has 2 aromatic heterocycles. The van der Waals surface area contributed by atoms with Crippen LogP contribution in [0.1, 0.15) is 53.8 Å². The summed E-state index contributed by atoms with van der Waals surface area (Å²) in [6.45, 7) is 2.79. The van der Waals surface area contributed by atoms with Crippen molar-refractivity contribution in [3.8, 4) is 0 Å². The number of methoxy groups -OCH3 is 1. The third-order valence-corrected chi connectivity index (χ3v) is 7.50. The normalized spacial score (nSPS) is 22.3. The van der Waals surface area contributed by atoms with Crippen molar-refractivity contribution >= 4 is 34.7 Å². The van der Waals surface area contributed by atoms with Crippen LogP contribution in [-0.2, 0) is 16.1 Å². The Hall–Kier alpha value is -3.04. The number of amides is 2. The molecular weight excluding hydrogens is 473 g/mol. The molecule has 0 unspecified atom stereocenters. The fraction of sp³-hybridized carbons (Fsp3) is 0.440. The first kappa shape index (κ1) is 23.7. The molecule has 8 nitrogen and oxygen atoms in total. The Morgan fingerprint density at radius 1 is 1.29 bits per heavy atom. The van der Waals surface area contributed by atoms with Gasteiger partial charge in [0.15, 0.2) is 5.65 Å². The molecule has 35 heavy (non-hydrogen) atoms. The fourth-order valence-corrected chi connectivity index (χ4v) is 5.63. The number of benzene rings is 1. The Morgan fingerprint density at radius 3 is 2.77 bits per heavy atom. The molecule has 184 valence electrons. The minimum atomic E-state index is -0.461. The van der Waals surface area contributed by atoms with Crippen LogP contribution in [0.2, 0.25) is 5.02 Å². The van der Waals surface area contributed by atoms with E-state index in [0.29, 0.717) is 55.7 Å². The first-order chi connectivity index (χ1) is 16.8. The molecule has 3 aromatic rings. The predicted octanol–water partition coefficient (Wildman–Crippen LogP) is 4.07. The van der Waals surface area contributed by atoms with Crippen LogP contribution in [0.25, 0.3) is 5.65 Å². The lowest BCUT2D eigenvalue weighted by molar-refractivity contribution is -0.127. The van der Waals surface area contributed by atoms with Gasteiger partial charge in [0.1, 0.15) is 11.4 Å². The Balaban J connectivity index is 1.26. The number of carbonyl (C=O) groups is 2. The SMILES string of the molecule is COCc1cc(C)nc2c(C(=O)NC3CCC4(CC3)CCN(c3ccc(F)cc3Cl)C4=O)cnn12. The molecule has 1 aromatic carbocycles. The lowest BCUT2D eigenvalue weighted by Crippen LogP contribution is -2.44. The molecule has 0 radical (unpaired) electrons. The second-order valence-corrected chi connectivity index (χ2v) is 9.85. The molecule has 2 fully saturated rings. The molecule has 1 saturated heterocycles. The molecule has 1 aliphatic heterocycles. The van der Waals surface area contributed by atoms with Gasteiger partial charge in [-0.2, -0.15) is 5.10 Å². The molecule has 2 amide bonds. The number of halogens is 2. The number of rotatable bonds is 5. The number of hydrogen-bond donors (Lipinski definition) is 1. The van der Waals surface area contributed by atoms with E-state index in [1.54, 1.807) is 22.6 Å². The summed E-state index contributed by atoms with van der Waals surface area (Å²) < 4.78 is 20.3. The maximum Gasteiger partial charge on any atom is 0.256 e. The molecule has 3 heterocycles. The van der Waals surface area contributed by atoms with E-state index in [1.165, 1.54) is 18.3 Å². The highest BCUT2D eigenvalue weighted by atomic mass is 35.5. The Morgan fingerprint density at radius 2 is 2.06 bits per heavy atom. The molecule has 10 heteroatoms. The second-order valence-electron chi connectivity index (χ2n) is 9.45. The zero-order valence-electron chi connectivity index (χ0n) is 19.7. The number of ether oxygens (including phenoxy) is 1. The molecule has 1 aliphatic carbocycles. The van der Waals surface area contributed by atoms with E-state index in [9.17, 15) is 14.0 Å². The van der Waals surface area contributed by atoms with Gasteiger partial charge in [0.2, 0.25) is 5.91 Å². The Labute approximate surface area is 207 Å². The Bertz CT molecular complexity index is 1300. The van der Waals surface area contributed by atoms with Gasteiger partial charge in [-0.25, -0.2) is 13.9 Å². The highest BCUT2D eigenvalue weighted by Gasteiger charge is 2.49. The van der Waals surface area contributed by atoms with Crippen LogP contribution in [-0.4, -0.2) is 46.1 Å². The largest absolute Gasteiger partial charge is 0.378 e. The molecule has 5 rings (SSSR count). The first-order valence-electron chi connectivity index (χ1n) is 11.7. The summed E-state index contributed by atoms with van der Waals surface area (Å²) in [6.07, 6.45) is 5.00. The minimum Gasteiger partial charge on any atom is -0.378 e. The third-order valence-electron chi connectivity index (χ3n) is 7.20. The third kappa shape index (κ3) is 4.27. The van der Waals surface area contributed by atoms with Crippen LogP contribution in [0.5, 0.6) is 0 Å². The van der Waals surface area contributed by atoms with Gasteiger partial charge < -0.3 is 15.0 Å². The summed E-state index contributed by atoms with van der Waals surface area (Å²) in [4.78, 5) is 32.6. The van der Waals surface area contributed by atoms with Gasteiger partial charge in [0, 0.05) is 25.4 Å². The molecule has 1 saturated carbocycles. The highest BCUT2D eigenvalue weighted by Crippen LogP contribution is 2.47. The maximum absolute atomic E-state index is 13.5. The lowest BCUT2D eigenvalue weighted by atomic mass is 9.71. The van der Waals surface area contributed by atoms with E-state index in [2.05, 4.69) is 15.4 Å². The quantitative estimate of drug-likeness (QED) is 0.571. The van der Waals surface area contributed by atoms with Gasteiger partial charge in [-0.1, -0.05) is 11.6 Å². The van der Waals surface area contributed by atoms with Crippen molar-refractivity contribution < 1.29 is 18.7 Å². The fourth-order valence-electron chi connectivity index (χ4n) is 5.36. The number of aromatic nitrogens is 3. The second kappa shape index (κ2) is 9.20. The van der Waals surface area contributed by atoms with Crippen molar-refractivity contribution in [2.24, 2.45) is 5.41 Å². The monoisotopic (exact) mass is 499 g/mol. The number of nitrogens with one attached hydrogen (secondary N) is 1. The summed E-state index contributed by atoms with van der Waals surface area (Å²) in [5.74, 6) is -0.619. The van der Waals surface area contributed by atoms with Crippen LogP contribution in [0.4, 0.5) is 10.1 Å². The van der Waals surface area contributed by atoms with Crippen LogP contribution >= 0.6 is 11.6 Å². The summed E-state index contributed by atoms with van der Waals surface area (Å²) in [7, 11) is 1.61. The lowest BCUT2D eigenvalue weighted by Gasteiger charge is -2.36. The van der Waals surface area contributed by atoms with Gasteiger partial charge in [0.25, 0.3) is 5.91 Å². The minimum absolute atomic E-state index is 0.0313. The molecule has 0 bridgehead atoms. The van der Waals surface area contributed by atoms with Crippen molar-refractivity contribution in [1.82, 2.24) is 19.9 Å². The molecule has 1 N–H and O–H groups in total. The highest BCUT2D eigenvalue weighted by molar-refractivity contribution is 6.34. The van der Waals surface area contributed by atoms with Gasteiger partial charge >= 0.3 is 0 Å². The van der Waals surface area contributed by atoms with Gasteiger partial charge in [0.05, 0.1) is 34.6 Å². The number of carbonyl (C=O) groups excluding carboxylic acids is 2. The van der Waals surface area contributed by atoms with Gasteiger partial charge in [-0.15, -0.1) is 0 Å². The molecule has 1 spiro atoms. The van der Waals surface area contributed by atoms with E-state index < -0.39 is 11.2 Å². The van der Waals surface area contributed by atoms with Crippen molar-refractivity contribution in [2.45, 2.75) is 51.7 Å². The summed E-state index contributed by atoms with van der Waals surface area (Å²) >= 11 is 6.21. The van der Waals surface area contributed by atoms with E-state index >= 15 is 0 Å². The molecule has 2 aliphatic rings. The van der Waals surface area contributed by atoms with Crippen molar-refractivity contribution in [1.29, 1.82) is 0 Å². The molecular formula is C25H27ClFN5O3.